The summed E-state index contributed by atoms with van der Waals surface area (Å²) in [7, 11) is 0. The van der Waals surface area contributed by atoms with Gasteiger partial charge in [0.05, 0.1) is 0 Å². The van der Waals surface area contributed by atoms with Gasteiger partial charge in [-0.05, 0) is 40.6 Å². The van der Waals surface area contributed by atoms with Crippen LogP contribution in [-0.2, 0) is 43.5 Å². The zero-order chi connectivity index (χ0) is 35.7. The molecule has 52 heavy (non-hydrogen) atoms. The summed E-state index contributed by atoms with van der Waals surface area (Å²) in [6.07, 6.45) is 10.7. The van der Waals surface area contributed by atoms with Crippen LogP contribution in [0.5, 0.6) is 0 Å². The molecule has 0 saturated heterocycles. The minimum atomic E-state index is 0. The summed E-state index contributed by atoms with van der Waals surface area (Å²) < 4.78 is 1.60. The summed E-state index contributed by atoms with van der Waals surface area (Å²) in [5.74, 6) is 2.24. The van der Waals surface area contributed by atoms with E-state index in [0.29, 0.717) is 5.92 Å². The number of benzene rings is 3. The van der Waals surface area contributed by atoms with Crippen LogP contribution in [0.4, 0.5) is 0 Å². The summed E-state index contributed by atoms with van der Waals surface area (Å²) in [5.41, 5.74) is 13.1. The van der Waals surface area contributed by atoms with Gasteiger partial charge in [0.25, 0.3) is 0 Å². The van der Waals surface area contributed by atoms with Crippen molar-refractivity contribution in [2.45, 2.75) is 87.5 Å². The number of rotatable bonds is 4. The molecule has 2 atom stereocenters. The number of hydrogen-bond acceptors (Lipinski definition) is 0. The molecule has 0 nitrogen and oxygen atoms in total. The third-order valence-electron chi connectivity index (χ3n) is 13.9. The standard InChI is InChI=1S/C29H37.C15H14.C5H5.2ClH.Zr/c1-18-25-22-17-19-13-9-10-14-20(19)24(22)21-15-11-12-16-23(21)29(25,8)28(6,7)27(4,5)26(18,2)3;1-3-8-14(9-4-1)12-7-13-15-10-5-2-6-11-15;1-2-4-5-3-1;;;/h9-11,13-15,23H,12,16-17H2,1-8H3;1-6,8-11H,12-13H2;1-5H;2*1H;/q-1;;-1;;;+2/p-2. The van der Waals surface area contributed by atoms with E-state index in [0.717, 1.165) is 19.3 Å². The number of allylic oxidation sites excluding steroid dienone is 6. The first kappa shape index (κ1) is 42.2. The van der Waals surface area contributed by atoms with Gasteiger partial charge < -0.3 is 24.8 Å². The van der Waals surface area contributed by atoms with Crippen molar-refractivity contribution in [1.82, 2.24) is 0 Å². The topological polar surface area (TPSA) is 0 Å². The molecule has 0 heterocycles. The molecule has 272 valence electrons. The Bertz CT molecular complexity index is 1830. The van der Waals surface area contributed by atoms with Crippen molar-refractivity contribution < 1.29 is 49.0 Å². The molecule has 0 aliphatic heterocycles. The van der Waals surface area contributed by atoms with Gasteiger partial charge in [0.1, 0.15) is 0 Å². The molecule has 2 unspecified atom stereocenters. The zero-order valence-corrected chi connectivity index (χ0v) is 36.5. The average Bonchev–Trinajstić information content (AvgIpc) is 3.81. The zero-order valence-electron chi connectivity index (χ0n) is 32.5. The van der Waals surface area contributed by atoms with Crippen molar-refractivity contribution in [2.75, 3.05) is 0 Å². The second kappa shape index (κ2) is 16.8. The summed E-state index contributed by atoms with van der Waals surface area (Å²) in [5, 5.41) is 0. The van der Waals surface area contributed by atoms with Crippen molar-refractivity contribution in [1.29, 1.82) is 0 Å². The summed E-state index contributed by atoms with van der Waals surface area (Å²) in [4.78, 5) is 0. The first-order chi connectivity index (χ1) is 23.8. The maximum Gasteiger partial charge on any atom is -0.172 e. The largest absolute Gasteiger partial charge is 0.214 e. The van der Waals surface area contributed by atoms with Gasteiger partial charge in [-0.15, -0.1) is 6.92 Å². The third kappa shape index (κ3) is 7.42. The maximum absolute atomic E-state index is 2.62. The Balaban J connectivity index is 0.000000221. The molecule has 1 saturated carbocycles. The fourth-order valence-corrected chi connectivity index (χ4v) is 10.6. The molecule has 3 heteroatoms. The van der Waals surface area contributed by atoms with E-state index in [1.54, 1.807) is 55.7 Å². The molecule has 8 rings (SSSR count). The van der Waals surface area contributed by atoms with Crippen LogP contribution in [-0.4, -0.2) is 3.21 Å². The van der Waals surface area contributed by atoms with E-state index in [1.807, 2.05) is 30.3 Å². The van der Waals surface area contributed by atoms with Gasteiger partial charge >= 0.3 is 112 Å². The molecule has 0 amide bonds. The van der Waals surface area contributed by atoms with Crippen molar-refractivity contribution in [2.24, 2.45) is 27.6 Å². The first-order valence-electron chi connectivity index (χ1n) is 18.7. The van der Waals surface area contributed by atoms with Crippen molar-refractivity contribution in [3.63, 3.8) is 0 Å². The van der Waals surface area contributed by atoms with E-state index in [9.17, 15) is 0 Å². The van der Waals surface area contributed by atoms with Crippen LogP contribution in [0.3, 0.4) is 0 Å². The average molecular weight is 807 g/mol. The monoisotopic (exact) mass is 804 g/mol. The van der Waals surface area contributed by atoms with Gasteiger partial charge in [-0.2, -0.15) is 29.3 Å². The minimum Gasteiger partial charge on any atom is -0.214 e. The Hall–Kier alpha value is -2.57. The summed E-state index contributed by atoms with van der Waals surface area (Å²) in [6, 6.07) is 40.6. The fraction of sp³-hybridized carbons (Fsp3) is 0.367. The number of fused-ring (bicyclic) bond motifs is 6. The SMILES string of the molecule is C[C-]1C2=C3Cc4ccccc4C3=C3C=CCCC3C2(C)C(C)(C)C(C)(C)C1(C)C.[Cl-].[Cl-].[Zr+2]=[C](Cc1ccccc1)Cc1ccccc1.c1cc[cH-]c1. The third-order valence-corrected chi connectivity index (χ3v) is 14.7. The quantitative estimate of drug-likeness (QED) is 0.205. The van der Waals surface area contributed by atoms with E-state index in [-0.39, 0.29) is 46.5 Å². The van der Waals surface area contributed by atoms with Gasteiger partial charge in [0, 0.05) is 0 Å². The first-order valence-corrected chi connectivity index (χ1v) is 19.9. The Morgan fingerprint density at radius 3 is 1.81 bits per heavy atom. The Morgan fingerprint density at radius 1 is 0.731 bits per heavy atom. The van der Waals surface area contributed by atoms with Crippen LogP contribution in [0.25, 0.3) is 5.57 Å². The van der Waals surface area contributed by atoms with Crippen LogP contribution in [0, 0.1) is 33.5 Å². The van der Waals surface area contributed by atoms with E-state index in [2.05, 4.69) is 152 Å². The molecule has 0 radical (unpaired) electrons. The molecule has 0 bridgehead atoms. The molecule has 4 aliphatic carbocycles. The normalized spacial score (nSPS) is 22.4. The molecule has 4 aromatic carbocycles. The van der Waals surface area contributed by atoms with Crippen molar-refractivity contribution in [3.05, 3.63) is 172 Å². The molecular weight excluding hydrogens is 751 g/mol. The van der Waals surface area contributed by atoms with Crippen LogP contribution in [0.1, 0.15) is 90.5 Å². The molecule has 4 aromatic rings. The van der Waals surface area contributed by atoms with Crippen molar-refractivity contribution >= 4 is 8.78 Å². The summed E-state index contributed by atoms with van der Waals surface area (Å²) in [6.45, 7) is 20.3. The van der Waals surface area contributed by atoms with Gasteiger partial charge in [-0.3, -0.25) is 0 Å². The van der Waals surface area contributed by atoms with E-state index in [1.165, 1.54) is 35.1 Å². The van der Waals surface area contributed by atoms with Crippen molar-refractivity contribution in [3.8, 4) is 0 Å². The second-order valence-electron chi connectivity index (χ2n) is 16.6. The van der Waals surface area contributed by atoms with Gasteiger partial charge in [-0.1, -0.05) is 113 Å². The predicted octanol–water partition coefficient (Wildman–Crippen LogP) is 6.57. The maximum atomic E-state index is 2.62. The Labute approximate surface area is 342 Å². The smallest absolute Gasteiger partial charge is 0.172 e. The predicted molar refractivity (Wildman–Crippen MR) is 212 cm³/mol. The van der Waals surface area contributed by atoms with E-state index < -0.39 is 0 Å². The minimum absolute atomic E-state index is 0. The van der Waals surface area contributed by atoms with Crippen LogP contribution < -0.4 is 24.8 Å². The fourth-order valence-electron chi connectivity index (χ4n) is 9.64. The van der Waals surface area contributed by atoms with Crippen LogP contribution in [0.15, 0.2) is 144 Å². The van der Waals surface area contributed by atoms with Crippen LogP contribution >= 0.6 is 0 Å². The van der Waals surface area contributed by atoms with Gasteiger partial charge in [0.2, 0.25) is 0 Å². The van der Waals surface area contributed by atoms with E-state index in [4.69, 9.17) is 0 Å². The Morgan fingerprint density at radius 2 is 1.27 bits per heavy atom. The Kier molecular flexibility index (Phi) is 13.7. The number of hydrogen-bond donors (Lipinski definition) is 0. The molecule has 0 spiro atoms. The van der Waals surface area contributed by atoms with Crippen LogP contribution in [0.2, 0.25) is 0 Å². The van der Waals surface area contributed by atoms with Gasteiger partial charge in [-0.25, -0.2) is 18.1 Å². The summed E-state index contributed by atoms with van der Waals surface area (Å²) >= 11 is 1.55. The molecule has 0 aromatic heterocycles. The molecule has 4 aliphatic rings. The molecule has 1 fully saturated rings. The number of halogens is 2. The van der Waals surface area contributed by atoms with E-state index >= 15 is 0 Å². The van der Waals surface area contributed by atoms with Gasteiger partial charge in [0.15, 0.2) is 0 Å². The molecular formula is C49H56Cl2Zr-2. The second-order valence-corrected chi connectivity index (χ2v) is 18.4. The molecule has 0 N–H and O–H groups in total.